The van der Waals surface area contributed by atoms with E-state index in [1.807, 2.05) is 0 Å². The van der Waals surface area contributed by atoms with Gasteiger partial charge in [-0.25, -0.2) is 8.78 Å². The first-order valence-corrected chi connectivity index (χ1v) is 7.26. The van der Waals surface area contributed by atoms with E-state index in [9.17, 15) is 8.78 Å². The number of hydrogen-bond donors (Lipinski definition) is 1. The molecule has 1 heterocycles. The third-order valence-electron chi connectivity index (χ3n) is 4.25. The first-order valence-electron chi connectivity index (χ1n) is 6.86. The summed E-state index contributed by atoms with van der Waals surface area (Å²) >= 11 is 5.01. The van der Waals surface area contributed by atoms with Crippen LogP contribution in [0.5, 0.6) is 0 Å². The average Bonchev–Trinajstić information content (AvgIpc) is 2.28. The van der Waals surface area contributed by atoms with Crippen LogP contribution in [-0.2, 0) is 0 Å². The molecule has 2 nitrogen and oxygen atoms in total. The Bertz CT molecular complexity index is 301. The number of piperidine rings is 1. The molecule has 2 aliphatic rings. The van der Waals surface area contributed by atoms with Crippen LogP contribution in [0, 0.1) is 11.8 Å². The van der Waals surface area contributed by atoms with Gasteiger partial charge in [0.1, 0.15) is 0 Å². The molecule has 2 rings (SSSR count). The predicted octanol–water partition coefficient (Wildman–Crippen LogP) is 2.81. The fraction of sp³-hybridized carbons (Fsp3) is 0.923. The SMILES string of the molecule is NC(=S)C1CCN(CC2CCCC(F)(F)C2)CC1. The van der Waals surface area contributed by atoms with Crippen LogP contribution in [0.1, 0.15) is 38.5 Å². The molecule has 1 unspecified atom stereocenters. The lowest BCUT2D eigenvalue weighted by Gasteiger charge is -2.36. The van der Waals surface area contributed by atoms with Gasteiger partial charge >= 0.3 is 0 Å². The summed E-state index contributed by atoms with van der Waals surface area (Å²) in [6, 6.07) is 0. The van der Waals surface area contributed by atoms with E-state index in [4.69, 9.17) is 18.0 Å². The average molecular weight is 276 g/mol. The molecule has 0 radical (unpaired) electrons. The number of nitrogens with two attached hydrogens (primary N) is 1. The van der Waals surface area contributed by atoms with Crippen molar-refractivity contribution in [2.75, 3.05) is 19.6 Å². The van der Waals surface area contributed by atoms with Gasteiger partial charge in [0.25, 0.3) is 0 Å². The molecule has 1 aliphatic heterocycles. The number of halogens is 2. The number of likely N-dealkylation sites (tertiary alicyclic amines) is 1. The fourth-order valence-electron chi connectivity index (χ4n) is 3.20. The quantitative estimate of drug-likeness (QED) is 0.804. The highest BCUT2D eigenvalue weighted by Crippen LogP contribution is 2.37. The summed E-state index contributed by atoms with van der Waals surface area (Å²) in [5.41, 5.74) is 5.65. The standard InChI is InChI=1S/C13H22F2N2S/c14-13(15)5-1-2-10(8-13)9-17-6-3-11(4-7-17)12(16)18/h10-11H,1-9H2,(H2,16,18). The van der Waals surface area contributed by atoms with E-state index in [0.29, 0.717) is 17.3 Å². The van der Waals surface area contributed by atoms with Crippen molar-refractivity contribution < 1.29 is 8.78 Å². The highest BCUT2D eigenvalue weighted by molar-refractivity contribution is 7.80. The van der Waals surface area contributed by atoms with Crippen LogP contribution in [0.15, 0.2) is 0 Å². The summed E-state index contributed by atoms with van der Waals surface area (Å²) in [5, 5.41) is 0. The van der Waals surface area contributed by atoms with Crippen LogP contribution < -0.4 is 5.73 Å². The molecule has 0 aromatic heterocycles. The van der Waals surface area contributed by atoms with Gasteiger partial charge in [0, 0.05) is 25.3 Å². The second-order valence-corrected chi connectivity index (χ2v) is 6.27. The van der Waals surface area contributed by atoms with Crippen molar-refractivity contribution in [1.29, 1.82) is 0 Å². The number of thiocarbonyl (C=S) groups is 1. The zero-order valence-corrected chi connectivity index (χ0v) is 11.5. The van der Waals surface area contributed by atoms with Gasteiger partial charge in [0.05, 0.1) is 4.99 Å². The summed E-state index contributed by atoms with van der Waals surface area (Å²) < 4.78 is 26.6. The smallest absolute Gasteiger partial charge is 0.248 e. The van der Waals surface area contributed by atoms with Gasteiger partial charge in [-0.1, -0.05) is 12.2 Å². The van der Waals surface area contributed by atoms with Gasteiger partial charge < -0.3 is 10.6 Å². The van der Waals surface area contributed by atoms with Gasteiger partial charge in [-0.2, -0.15) is 0 Å². The number of hydrogen-bond acceptors (Lipinski definition) is 2. The maximum atomic E-state index is 13.3. The van der Waals surface area contributed by atoms with E-state index in [-0.39, 0.29) is 18.8 Å². The Labute approximate surface area is 113 Å². The Morgan fingerprint density at radius 3 is 2.50 bits per heavy atom. The minimum absolute atomic E-state index is 0.0717. The van der Waals surface area contributed by atoms with Crippen molar-refractivity contribution in [3.63, 3.8) is 0 Å². The van der Waals surface area contributed by atoms with Crippen molar-refractivity contribution in [2.45, 2.75) is 44.4 Å². The minimum atomic E-state index is -2.43. The van der Waals surface area contributed by atoms with Gasteiger partial charge in [-0.3, -0.25) is 0 Å². The molecule has 2 N–H and O–H groups in total. The van der Waals surface area contributed by atoms with E-state index in [0.717, 1.165) is 38.9 Å². The van der Waals surface area contributed by atoms with Crippen molar-refractivity contribution in [2.24, 2.45) is 17.6 Å². The van der Waals surface area contributed by atoms with Gasteiger partial charge in [-0.15, -0.1) is 0 Å². The van der Waals surface area contributed by atoms with Crippen LogP contribution in [0.25, 0.3) is 0 Å². The normalized spacial score (nSPS) is 30.2. The monoisotopic (exact) mass is 276 g/mol. The number of alkyl halides is 2. The highest BCUT2D eigenvalue weighted by Gasteiger charge is 2.37. The second-order valence-electron chi connectivity index (χ2n) is 5.80. The summed E-state index contributed by atoms with van der Waals surface area (Å²) in [7, 11) is 0. The second kappa shape index (κ2) is 5.78. The van der Waals surface area contributed by atoms with E-state index in [2.05, 4.69) is 4.90 Å². The van der Waals surface area contributed by atoms with Gasteiger partial charge in [0.2, 0.25) is 5.92 Å². The molecule has 0 amide bonds. The first-order chi connectivity index (χ1) is 8.46. The molecule has 0 aromatic rings. The molecule has 0 bridgehead atoms. The van der Waals surface area contributed by atoms with Crippen LogP contribution in [0.2, 0.25) is 0 Å². The summed E-state index contributed by atoms with van der Waals surface area (Å²) in [5.74, 6) is -1.92. The third kappa shape index (κ3) is 3.85. The van der Waals surface area contributed by atoms with Crippen LogP contribution in [-0.4, -0.2) is 35.4 Å². The van der Waals surface area contributed by atoms with Crippen LogP contribution >= 0.6 is 12.2 Å². The lowest BCUT2D eigenvalue weighted by atomic mass is 9.85. The topological polar surface area (TPSA) is 29.3 Å². The molecule has 2 fully saturated rings. The molecule has 1 aliphatic carbocycles. The first kappa shape index (κ1) is 14.1. The molecule has 1 saturated carbocycles. The third-order valence-corrected chi connectivity index (χ3v) is 4.58. The highest BCUT2D eigenvalue weighted by atomic mass is 32.1. The van der Waals surface area contributed by atoms with E-state index in [1.54, 1.807) is 0 Å². The van der Waals surface area contributed by atoms with E-state index < -0.39 is 5.92 Å². The van der Waals surface area contributed by atoms with Crippen molar-refractivity contribution in [3.05, 3.63) is 0 Å². The summed E-state index contributed by atoms with van der Waals surface area (Å²) in [6.07, 6.45) is 3.73. The lowest BCUT2D eigenvalue weighted by molar-refractivity contribution is -0.0576. The number of nitrogens with zero attached hydrogens (tertiary/aromatic N) is 1. The zero-order valence-electron chi connectivity index (χ0n) is 10.7. The fourth-order valence-corrected chi connectivity index (χ4v) is 3.43. The Balaban J connectivity index is 1.76. The Hall–Kier alpha value is -0.290. The molecule has 0 spiro atoms. The van der Waals surface area contributed by atoms with Crippen LogP contribution in [0.3, 0.4) is 0 Å². The largest absolute Gasteiger partial charge is 0.393 e. The maximum Gasteiger partial charge on any atom is 0.248 e. The molecule has 5 heteroatoms. The van der Waals surface area contributed by atoms with E-state index in [1.165, 1.54) is 0 Å². The Morgan fingerprint density at radius 2 is 1.94 bits per heavy atom. The molecule has 0 aromatic carbocycles. The molecule has 104 valence electrons. The van der Waals surface area contributed by atoms with Crippen LogP contribution in [0.4, 0.5) is 8.78 Å². The van der Waals surface area contributed by atoms with Crippen molar-refractivity contribution in [1.82, 2.24) is 4.90 Å². The van der Waals surface area contributed by atoms with Gasteiger partial charge in [0.15, 0.2) is 0 Å². The molecule has 18 heavy (non-hydrogen) atoms. The Kier molecular flexibility index (Phi) is 4.54. The molecule has 1 atom stereocenters. The van der Waals surface area contributed by atoms with E-state index >= 15 is 0 Å². The molecular weight excluding hydrogens is 254 g/mol. The summed E-state index contributed by atoms with van der Waals surface area (Å²) in [4.78, 5) is 2.92. The lowest BCUT2D eigenvalue weighted by Crippen LogP contribution is -2.41. The number of rotatable bonds is 3. The summed E-state index contributed by atoms with van der Waals surface area (Å²) in [6.45, 7) is 2.72. The van der Waals surface area contributed by atoms with Crippen molar-refractivity contribution in [3.8, 4) is 0 Å². The Morgan fingerprint density at radius 1 is 1.28 bits per heavy atom. The molecule has 1 saturated heterocycles. The van der Waals surface area contributed by atoms with Crippen molar-refractivity contribution >= 4 is 17.2 Å². The minimum Gasteiger partial charge on any atom is -0.393 e. The molecular formula is C13H22F2N2S. The van der Waals surface area contributed by atoms with Gasteiger partial charge in [-0.05, 0) is 44.7 Å². The maximum absolute atomic E-state index is 13.3. The zero-order chi connectivity index (χ0) is 13.2. The predicted molar refractivity (Wildman–Crippen MR) is 72.9 cm³/mol.